The summed E-state index contributed by atoms with van der Waals surface area (Å²) in [4.78, 5) is 12.3. The van der Waals surface area contributed by atoms with Gasteiger partial charge in [-0.3, -0.25) is 4.79 Å². The molecular weight excluding hydrogens is 557 g/mol. The number of carbonyl (C=O) groups is 1. The molecule has 9 nitrogen and oxygen atoms in total. The molecule has 0 fully saturated rings. The Labute approximate surface area is 231 Å². The quantitative estimate of drug-likeness (QED) is 0.0957. The lowest BCUT2D eigenvalue weighted by Crippen LogP contribution is -2.17. The third-order valence-electron chi connectivity index (χ3n) is 4.83. The molecule has 37 heavy (non-hydrogen) atoms. The third-order valence-corrected chi connectivity index (χ3v) is 6.70. The Morgan fingerprint density at radius 1 is 1.05 bits per heavy atom. The average molecular weight is 577 g/mol. The Hall–Kier alpha value is -3.44. The van der Waals surface area contributed by atoms with E-state index in [1.54, 1.807) is 24.4 Å². The summed E-state index contributed by atoms with van der Waals surface area (Å²) in [6.07, 6.45) is 1.58. The van der Waals surface area contributed by atoms with Gasteiger partial charge in [0.25, 0.3) is 5.95 Å². The van der Waals surface area contributed by atoms with Gasteiger partial charge in [-0.05, 0) is 36.4 Å². The number of anilines is 2. The molecule has 0 radical (unpaired) electrons. The molecule has 4 N–H and O–H groups in total. The molecule has 190 valence electrons. The van der Waals surface area contributed by atoms with Crippen molar-refractivity contribution in [2.24, 2.45) is 5.10 Å². The van der Waals surface area contributed by atoms with E-state index in [-0.39, 0.29) is 17.6 Å². The number of para-hydroxylation sites is 1. The smallest absolute Gasteiger partial charge is 0.264 e. The maximum Gasteiger partial charge on any atom is 0.264 e. The summed E-state index contributed by atoms with van der Waals surface area (Å²) in [6, 6.07) is 19.7. The fourth-order valence-electron chi connectivity index (χ4n) is 3.01. The van der Waals surface area contributed by atoms with E-state index in [4.69, 9.17) is 45.4 Å². The number of halogens is 3. The van der Waals surface area contributed by atoms with Crippen LogP contribution in [0.25, 0.3) is 0 Å². The van der Waals surface area contributed by atoms with Crippen LogP contribution in [-0.4, -0.2) is 32.7 Å². The summed E-state index contributed by atoms with van der Waals surface area (Å²) in [6.45, 7) is 0.312. The van der Waals surface area contributed by atoms with Gasteiger partial charge in [-0.1, -0.05) is 76.9 Å². The van der Waals surface area contributed by atoms with Gasteiger partial charge >= 0.3 is 0 Å². The van der Waals surface area contributed by atoms with Crippen LogP contribution in [0, 0.1) is 0 Å². The molecule has 0 atom stereocenters. The van der Waals surface area contributed by atoms with Gasteiger partial charge in [-0.2, -0.15) is 5.10 Å². The first-order valence-corrected chi connectivity index (χ1v) is 12.8. The van der Waals surface area contributed by atoms with Crippen molar-refractivity contribution in [3.8, 4) is 5.75 Å². The Bertz CT molecular complexity index is 1430. The number of hydrogen-bond donors (Lipinski definition) is 3. The van der Waals surface area contributed by atoms with Gasteiger partial charge in [0.1, 0.15) is 12.4 Å². The first-order chi connectivity index (χ1) is 17.9. The summed E-state index contributed by atoms with van der Waals surface area (Å²) in [7, 11) is 0. The van der Waals surface area contributed by atoms with Gasteiger partial charge in [-0.25, -0.2) is 10.1 Å². The van der Waals surface area contributed by atoms with Crippen molar-refractivity contribution in [2.75, 3.05) is 22.3 Å². The molecule has 1 amide bonds. The SMILES string of the molecule is Nn1c(N/N=C/c2ccccc2OCc2ccccc2Cl)nnc1SCC(=O)Nc1cc(Cl)ccc1Cl. The molecule has 0 unspecified atom stereocenters. The second kappa shape index (κ2) is 12.7. The highest BCUT2D eigenvalue weighted by atomic mass is 35.5. The Balaban J connectivity index is 1.33. The van der Waals surface area contributed by atoms with E-state index in [1.165, 1.54) is 4.68 Å². The van der Waals surface area contributed by atoms with Crippen molar-refractivity contribution in [2.45, 2.75) is 11.8 Å². The average Bonchev–Trinajstić information content (AvgIpc) is 3.24. The summed E-state index contributed by atoms with van der Waals surface area (Å²) in [5.41, 5.74) is 4.77. The number of carbonyl (C=O) groups excluding carboxylic acids is 1. The van der Waals surface area contributed by atoms with Crippen LogP contribution in [-0.2, 0) is 11.4 Å². The lowest BCUT2D eigenvalue weighted by atomic mass is 10.2. The number of amides is 1. The zero-order valence-corrected chi connectivity index (χ0v) is 22.2. The van der Waals surface area contributed by atoms with Gasteiger partial charge in [0.2, 0.25) is 11.1 Å². The molecule has 1 aromatic heterocycles. The van der Waals surface area contributed by atoms with Gasteiger partial charge in [0.05, 0.1) is 22.7 Å². The summed E-state index contributed by atoms with van der Waals surface area (Å²) in [5.74, 6) is 6.58. The van der Waals surface area contributed by atoms with Gasteiger partial charge in [0.15, 0.2) is 0 Å². The molecular formula is C24H20Cl3N7O2S. The zero-order valence-electron chi connectivity index (χ0n) is 19.1. The van der Waals surface area contributed by atoms with Crippen LogP contribution < -0.4 is 21.3 Å². The van der Waals surface area contributed by atoms with E-state index >= 15 is 0 Å². The number of benzene rings is 3. The van der Waals surface area contributed by atoms with Crippen LogP contribution in [0.5, 0.6) is 5.75 Å². The summed E-state index contributed by atoms with van der Waals surface area (Å²) in [5, 5.41) is 16.6. The number of nitrogen functional groups attached to an aromatic ring is 1. The first-order valence-electron chi connectivity index (χ1n) is 10.7. The molecule has 3 aromatic carbocycles. The van der Waals surface area contributed by atoms with Crippen LogP contribution >= 0.6 is 46.6 Å². The lowest BCUT2D eigenvalue weighted by Gasteiger charge is -2.10. The van der Waals surface area contributed by atoms with Crippen LogP contribution in [0.2, 0.25) is 15.1 Å². The molecule has 0 saturated heterocycles. The Morgan fingerprint density at radius 2 is 1.84 bits per heavy atom. The number of nitrogens with one attached hydrogen (secondary N) is 2. The molecule has 4 aromatic rings. The van der Waals surface area contributed by atoms with Crippen molar-refractivity contribution in [3.05, 3.63) is 92.9 Å². The molecule has 13 heteroatoms. The maximum atomic E-state index is 12.3. The molecule has 0 saturated carbocycles. The van der Waals surface area contributed by atoms with E-state index in [0.717, 1.165) is 22.9 Å². The van der Waals surface area contributed by atoms with Crippen molar-refractivity contribution in [3.63, 3.8) is 0 Å². The number of thioether (sulfide) groups is 1. The third kappa shape index (κ3) is 7.30. The van der Waals surface area contributed by atoms with Gasteiger partial charge < -0.3 is 15.9 Å². The fraction of sp³-hybridized carbons (Fsp3) is 0.0833. The molecule has 0 spiro atoms. The number of rotatable bonds is 10. The van der Waals surface area contributed by atoms with E-state index in [2.05, 4.69) is 26.0 Å². The van der Waals surface area contributed by atoms with E-state index in [9.17, 15) is 4.79 Å². The highest BCUT2D eigenvalue weighted by Gasteiger charge is 2.13. The fourth-order valence-corrected chi connectivity index (χ4v) is 4.19. The first kappa shape index (κ1) is 26.6. The number of nitrogens with two attached hydrogens (primary N) is 1. The number of nitrogens with zero attached hydrogens (tertiary/aromatic N) is 4. The molecule has 1 heterocycles. The topological polar surface area (TPSA) is 119 Å². The number of hydrazone groups is 1. The van der Waals surface area contributed by atoms with E-state index in [1.807, 2.05) is 48.5 Å². The number of aromatic nitrogens is 3. The second-order valence-electron chi connectivity index (χ2n) is 7.43. The molecule has 0 bridgehead atoms. The van der Waals surface area contributed by atoms with Crippen LogP contribution in [0.1, 0.15) is 11.1 Å². The summed E-state index contributed by atoms with van der Waals surface area (Å²) < 4.78 is 7.12. The van der Waals surface area contributed by atoms with Crippen LogP contribution in [0.15, 0.2) is 77.0 Å². The molecule has 0 aliphatic rings. The lowest BCUT2D eigenvalue weighted by molar-refractivity contribution is -0.113. The van der Waals surface area contributed by atoms with Crippen LogP contribution in [0.4, 0.5) is 11.6 Å². The van der Waals surface area contributed by atoms with Crippen molar-refractivity contribution in [1.29, 1.82) is 0 Å². The molecule has 4 rings (SSSR count). The minimum Gasteiger partial charge on any atom is -0.488 e. The van der Waals surface area contributed by atoms with Crippen molar-refractivity contribution in [1.82, 2.24) is 14.9 Å². The standard InChI is InChI=1S/C24H20Cl3N7O2S/c25-17-9-10-19(27)20(11-17)30-22(35)14-37-24-33-32-23(34(24)28)31-29-12-15-5-2-4-8-21(15)36-13-16-6-1-3-7-18(16)26/h1-12H,13-14,28H2,(H,30,35)(H,31,32)/b29-12+. The molecule has 0 aliphatic heterocycles. The monoisotopic (exact) mass is 575 g/mol. The highest BCUT2D eigenvalue weighted by molar-refractivity contribution is 7.99. The van der Waals surface area contributed by atoms with Gasteiger partial charge in [0, 0.05) is 21.2 Å². The minimum absolute atomic E-state index is 0.0254. The van der Waals surface area contributed by atoms with E-state index in [0.29, 0.717) is 38.3 Å². The zero-order chi connectivity index (χ0) is 26.2. The van der Waals surface area contributed by atoms with Gasteiger partial charge in [-0.15, -0.1) is 10.2 Å². The predicted molar refractivity (Wildman–Crippen MR) is 149 cm³/mol. The normalized spacial score (nSPS) is 11.0. The highest BCUT2D eigenvalue weighted by Crippen LogP contribution is 2.26. The van der Waals surface area contributed by atoms with Crippen LogP contribution in [0.3, 0.4) is 0 Å². The largest absolute Gasteiger partial charge is 0.488 e. The van der Waals surface area contributed by atoms with Crippen molar-refractivity contribution >= 4 is 70.3 Å². The Kier molecular flexibility index (Phi) is 9.13. The van der Waals surface area contributed by atoms with E-state index < -0.39 is 0 Å². The predicted octanol–water partition coefficient (Wildman–Crippen LogP) is 5.71. The second-order valence-corrected chi connectivity index (χ2v) is 9.62. The summed E-state index contributed by atoms with van der Waals surface area (Å²) >= 11 is 19.3. The van der Waals surface area contributed by atoms with Crippen molar-refractivity contribution < 1.29 is 9.53 Å². The minimum atomic E-state index is -0.307. The maximum absolute atomic E-state index is 12.3. The number of ether oxygens (including phenoxy) is 1. The Morgan fingerprint density at radius 3 is 2.68 bits per heavy atom. The molecule has 0 aliphatic carbocycles. The number of hydrogen-bond acceptors (Lipinski definition) is 8.